The van der Waals surface area contributed by atoms with E-state index in [1.165, 1.54) is 32.1 Å². The molecule has 0 unspecified atom stereocenters. The lowest BCUT2D eigenvalue weighted by molar-refractivity contribution is 0.278. The maximum atomic E-state index is 5.31. The number of rotatable bonds is 5. The zero-order valence-corrected chi connectivity index (χ0v) is 12.3. The van der Waals surface area contributed by atoms with Gasteiger partial charge in [0.2, 0.25) is 0 Å². The van der Waals surface area contributed by atoms with Gasteiger partial charge in [-0.05, 0) is 46.0 Å². The van der Waals surface area contributed by atoms with Crippen molar-refractivity contribution >= 4 is 17.3 Å². The summed E-state index contributed by atoms with van der Waals surface area (Å²) >= 11 is 5.31. The quantitative estimate of drug-likeness (QED) is 0.738. The second-order valence-corrected chi connectivity index (χ2v) is 5.72. The SMILES string of the molecule is CC(C)N(C)CCNC(=S)NC1CCCCC1. The molecule has 100 valence electrons. The van der Waals surface area contributed by atoms with E-state index in [1.54, 1.807) is 0 Å². The summed E-state index contributed by atoms with van der Waals surface area (Å²) in [5.74, 6) is 0. The third-order valence-corrected chi connectivity index (χ3v) is 3.83. The van der Waals surface area contributed by atoms with Gasteiger partial charge in [0.1, 0.15) is 0 Å². The standard InChI is InChI=1S/C13H27N3S/c1-11(2)16(3)10-9-14-13(17)15-12-7-5-4-6-8-12/h11-12H,4-10H2,1-3H3,(H2,14,15,17). The van der Waals surface area contributed by atoms with Crippen LogP contribution in [0.15, 0.2) is 0 Å². The summed E-state index contributed by atoms with van der Waals surface area (Å²) in [5.41, 5.74) is 0. The normalized spacial score (nSPS) is 17.5. The fourth-order valence-electron chi connectivity index (χ4n) is 2.09. The van der Waals surface area contributed by atoms with Gasteiger partial charge >= 0.3 is 0 Å². The molecule has 1 rings (SSSR count). The lowest BCUT2D eigenvalue weighted by Gasteiger charge is -2.25. The summed E-state index contributed by atoms with van der Waals surface area (Å²) in [6.45, 7) is 6.37. The molecule has 2 N–H and O–H groups in total. The van der Waals surface area contributed by atoms with E-state index in [0.29, 0.717) is 12.1 Å². The minimum absolute atomic E-state index is 0.594. The van der Waals surface area contributed by atoms with Gasteiger partial charge in [0.15, 0.2) is 5.11 Å². The Balaban J connectivity index is 2.08. The molecule has 1 aliphatic carbocycles. The minimum atomic E-state index is 0.594. The van der Waals surface area contributed by atoms with E-state index in [0.717, 1.165) is 18.2 Å². The number of nitrogens with one attached hydrogen (secondary N) is 2. The first-order valence-corrected chi connectivity index (χ1v) is 7.25. The van der Waals surface area contributed by atoms with E-state index < -0.39 is 0 Å². The molecule has 0 atom stereocenters. The van der Waals surface area contributed by atoms with Gasteiger partial charge in [-0.25, -0.2) is 0 Å². The fraction of sp³-hybridized carbons (Fsp3) is 0.923. The molecule has 1 aliphatic rings. The van der Waals surface area contributed by atoms with Crippen molar-refractivity contribution in [1.29, 1.82) is 0 Å². The van der Waals surface area contributed by atoms with Gasteiger partial charge in [-0.15, -0.1) is 0 Å². The molecule has 0 aromatic heterocycles. The zero-order valence-electron chi connectivity index (χ0n) is 11.5. The Morgan fingerprint density at radius 3 is 2.53 bits per heavy atom. The fourth-order valence-corrected chi connectivity index (χ4v) is 2.36. The van der Waals surface area contributed by atoms with Crippen LogP contribution in [0, 0.1) is 0 Å². The summed E-state index contributed by atoms with van der Waals surface area (Å²) in [6, 6.07) is 1.20. The summed E-state index contributed by atoms with van der Waals surface area (Å²) in [4.78, 5) is 2.32. The molecule has 0 aromatic carbocycles. The van der Waals surface area contributed by atoms with Gasteiger partial charge in [-0.1, -0.05) is 19.3 Å². The monoisotopic (exact) mass is 257 g/mol. The van der Waals surface area contributed by atoms with E-state index >= 15 is 0 Å². The van der Waals surface area contributed by atoms with Gasteiger partial charge in [0, 0.05) is 25.2 Å². The van der Waals surface area contributed by atoms with Gasteiger partial charge in [-0.3, -0.25) is 0 Å². The van der Waals surface area contributed by atoms with Crippen molar-refractivity contribution in [2.45, 2.75) is 58.0 Å². The maximum Gasteiger partial charge on any atom is 0.166 e. The summed E-state index contributed by atoms with van der Waals surface area (Å²) in [6.07, 6.45) is 6.62. The van der Waals surface area contributed by atoms with Crippen molar-refractivity contribution < 1.29 is 0 Å². The van der Waals surface area contributed by atoms with Crippen LogP contribution in [0.1, 0.15) is 46.0 Å². The second kappa shape index (κ2) is 7.88. The minimum Gasteiger partial charge on any atom is -0.361 e. The maximum absolute atomic E-state index is 5.31. The Morgan fingerprint density at radius 1 is 1.29 bits per heavy atom. The van der Waals surface area contributed by atoms with Crippen LogP contribution in [0.2, 0.25) is 0 Å². The number of nitrogens with zero attached hydrogens (tertiary/aromatic N) is 1. The summed E-state index contributed by atoms with van der Waals surface area (Å²) in [7, 11) is 2.14. The predicted octanol–water partition coefficient (Wildman–Crippen LogP) is 2.12. The largest absolute Gasteiger partial charge is 0.361 e. The van der Waals surface area contributed by atoms with Crippen LogP contribution < -0.4 is 10.6 Å². The third kappa shape index (κ3) is 6.22. The Morgan fingerprint density at radius 2 is 1.94 bits per heavy atom. The van der Waals surface area contributed by atoms with Crippen LogP contribution in [0.5, 0.6) is 0 Å². The first kappa shape index (κ1) is 14.7. The molecule has 0 radical (unpaired) electrons. The average Bonchev–Trinajstić information content (AvgIpc) is 2.30. The molecule has 0 saturated heterocycles. The Labute approximate surface area is 111 Å². The highest BCUT2D eigenvalue weighted by Crippen LogP contribution is 2.17. The summed E-state index contributed by atoms with van der Waals surface area (Å²) in [5, 5.41) is 7.55. The Bertz CT molecular complexity index is 225. The van der Waals surface area contributed by atoms with Crippen LogP contribution in [0.4, 0.5) is 0 Å². The molecule has 1 saturated carbocycles. The van der Waals surface area contributed by atoms with Crippen molar-refractivity contribution in [3.05, 3.63) is 0 Å². The van der Waals surface area contributed by atoms with E-state index in [4.69, 9.17) is 12.2 Å². The Kier molecular flexibility index (Phi) is 6.82. The predicted molar refractivity (Wildman–Crippen MR) is 78.4 cm³/mol. The molecule has 0 spiro atoms. The van der Waals surface area contributed by atoms with Crippen molar-refractivity contribution in [2.75, 3.05) is 20.1 Å². The van der Waals surface area contributed by atoms with Crippen LogP contribution in [0.25, 0.3) is 0 Å². The number of hydrogen-bond donors (Lipinski definition) is 2. The van der Waals surface area contributed by atoms with E-state index in [-0.39, 0.29) is 0 Å². The first-order chi connectivity index (χ1) is 8.09. The van der Waals surface area contributed by atoms with Gasteiger partial charge < -0.3 is 15.5 Å². The number of thiocarbonyl (C=S) groups is 1. The summed E-state index contributed by atoms with van der Waals surface area (Å²) < 4.78 is 0. The molecule has 0 bridgehead atoms. The van der Waals surface area contributed by atoms with Crippen molar-refractivity contribution in [1.82, 2.24) is 15.5 Å². The van der Waals surface area contributed by atoms with Gasteiger partial charge in [0.25, 0.3) is 0 Å². The lowest BCUT2D eigenvalue weighted by atomic mass is 9.96. The van der Waals surface area contributed by atoms with Crippen LogP contribution in [-0.2, 0) is 0 Å². The van der Waals surface area contributed by atoms with E-state index in [1.807, 2.05) is 0 Å². The third-order valence-electron chi connectivity index (χ3n) is 3.57. The molecular weight excluding hydrogens is 230 g/mol. The highest BCUT2D eigenvalue weighted by atomic mass is 32.1. The highest BCUT2D eigenvalue weighted by molar-refractivity contribution is 7.80. The topological polar surface area (TPSA) is 27.3 Å². The smallest absolute Gasteiger partial charge is 0.166 e. The molecule has 0 aliphatic heterocycles. The molecule has 17 heavy (non-hydrogen) atoms. The highest BCUT2D eigenvalue weighted by Gasteiger charge is 2.13. The van der Waals surface area contributed by atoms with E-state index in [2.05, 4.69) is 36.4 Å². The second-order valence-electron chi connectivity index (χ2n) is 5.31. The molecular formula is C13H27N3S. The lowest BCUT2D eigenvalue weighted by Crippen LogP contribution is -2.45. The molecule has 1 fully saturated rings. The van der Waals surface area contributed by atoms with Crippen LogP contribution in [0.3, 0.4) is 0 Å². The molecule has 0 amide bonds. The van der Waals surface area contributed by atoms with Gasteiger partial charge in [0.05, 0.1) is 0 Å². The number of likely N-dealkylation sites (N-methyl/N-ethyl adjacent to an activating group) is 1. The molecule has 0 aromatic rings. The van der Waals surface area contributed by atoms with Crippen molar-refractivity contribution in [2.24, 2.45) is 0 Å². The molecule has 4 heteroatoms. The van der Waals surface area contributed by atoms with Crippen LogP contribution in [-0.4, -0.2) is 42.2 Å². The number of hydrogen-bond acceptors (Lipinski definition) is 2. The average molecular weight is 257 g/mol. The van der Waals surface area contributed by atoms with Gasteiger partial charge in [-0.2, -0.15) is 0 Å². The van der Waals surface area contributed by atoms with E-state index in [9.17, 15) is 0 Å². The van der Waals surface area contributed by atoms with Crippen molar-refractivity contribution in [3.63, 3.8) is 0 Å². The zero-order chi connectivity index (χ0) is 12.7. The van der Waals surface area contributed by atoms with Crippen LogP contribution >= 0.6 is 12.2 Å². The first-order valence-electron chi connectivity index (χ1n) is 6.84. The Hall–Kier alpha value is -0.350. The molecule has 0 heterocycles. The van der Waals surface area contributed by atoms with Crippen molar-refractivity contribution in [3.8, 4) is 0 Å². The molecule has 3 nitrogen and oxygen atoms in total.